The molecule has 2 aromatic rings. The third kappa shape index (κ3) is 3.22. The second-order valence-electron chi connectivity index (χ2n) is 6.53. The lowest BCUT2D eigenvalue weighted by Crippen LogP contribution is -2.59. The van der Waals surface area contributed by atoms with Crippen molar-refractivity contribution in [2.45, 2.75) is 38.7 Å². The molecule has 2 N–H and O–H groups in total. The largest absolute Gasteiger partial charge is 0.438 e. The first kappa shape index (κ1) is 20.2. The number of aliphatic hydroxyl groups is 1. The molecule has 1 aromatic carbocycles. The number of benzene rings is 1. The van der Waals surface area contributed by atoms with Crippen LogP contribution in [0.3, 0.4) is 0 Å². The molecule has 0 unspecified atom stereocenters. The Labute approximate surface area is 159 Å². The van der Waals surface area contributed by atoms with Gasteiger partial charge < -0.3 is 14.4 Å². The second-order valence-corrected chi connectivity index (χ2v) is 6.53. The fourth-order valence-electron chi connectivity index (χ4n) is 3.28. The maximum absolute atomic E-state index is 13.6. The van der Waals surface area contributed by atoms with Gasteiger partial charge in [0.1, 0.15) is 5.82 Å². The van der Waals surface area contributed by atoms with Crippen molar-refractivity contribution < 1.29 is 27.8 Å². The van der Waals surface area contributed by atoms with Crippen molar-refractivity contribution in [1.29, 1.82) is 0 Å². The minimum Gasteiger partial charge on any atom is -0.381 e. The number of nitrogens with zero attached hydrogens (tertiary/aromatic N) is 3. The van der Waals surface area contributed by atoms with E-state index in [1.807, 2.05) is 18.4 Å². The van der Waals surface area contributed by atoms with Crippen LogP contribution in [-0.2, 0) is 11.3 Å². The molecule has 10 heteroatoms. The number of carbonyl (C=O) groups is 1. The molecule has 0 aliphatic carbocycles. The molecule has 0 radical (unpaired) electrons. The van der Waals surface area contributed by atoms with Gasteiger partial charge in [-0.1, -0.05) is 0 Å². The number of methoxy groups -OCH3 is 1. The normalized spacial score (nSPS) is 21.5. The first-order valence-electron chi connectivity index (χ1n) is 8.67. The van der Waals surface area contributed by atoms with E-state index in [2.05, 4.69) is 10.4 Å². The van der Waals surface area contributed by atoms with Crippen LogP contribution in [0.25, 0.3) is 11.0 Å². The number of hydrazine groups is 1. The van der Waals surface area contributed by atoms with Crippen molar-refractivity contribution in [2.75, 3.05) is 13.7 Å². The zero-order valence-corrected chi connectivity index (χ0v) is 15.7. The van der Waals surface area contributed by atoms with Gasteiger partial charge in [0.2, 0.25) is 0 Å². The topological polar surface area (TPSA) is 79.6 Å². The van der Waals surface area contributed by atoms with Gasteiger partial charge >= 0.3 is 6.18 Å². The standard InChI is InChI=1S/C18H21F3N4O3/c1-4-24-11(2)22-14-9-12(5-6-15(14)24)16(26)25-17(27,18(19,20)21)10-13(23-25)7-8-28-3/h5-7,9,23,27H,4,8,10H2,1-3H3/b13-7-/t17-/m1/s1. The number of ether oxygens (including phenoxy) is 1. The van der Waals surface area contributed by atoms with Gasteiger partial charge in [-0.3, -0.25) is 10.2 Å². The highest BCUT2D eigenvalue weighted by Gasteiger charge is 2.63. The average molecular weight is 398 g/mol. The Morgan fingerprint density at radius 2 is 2.18 bits per heavy atom. The maximum atomic E-state index is 13.6. The van der Waals surface area contributed by atoms with E-state index in [1.54, 1.807) is 6.07 Å². The molecular formula is C18H21F3N4O3. The summed E-state index contributed by atoms with van der Waals surface area (Å²) >= 11 is 0. The number of amides is 1. The summed E-state index contributed by atoms with van der Waals surface area (Å²) in [5.41, 5.74) is 0.300. The molecule has 7 nitrogen and oxygen atoms in total. The lowest BCUT2D eigenvalue weighted by molar-refractivity contribution is -0.299. The SMILES string of the molecule is CCn1c(C)nc2cc(C(=O)N3N/C(=C\COC)C[C@@]3(O)C(F)(F)F)ccc21. The minimum absolute atomic E-state index is 0.0172. The van der Waals surface area contributed by atoms with Gasteiger partial charge in [-0.15, -0.1) is 0 Å². The molecule has 0 bridgehead atoms. The Kier molecular flexibility index (Phi) is 5.11. The third-order valence-electron chi connectivity index (χ3n) is 4.72. The van der Waals surface area contributed by atoms with Crippen LogP contribution in [-0.4, -0.2) is 51.2 Å². The van der Waals surface area contributed by atoms with Crippen molar-refractivity contribution in [2.24, 2.45) is 0 Å². The van der Waals surface area contributed by atoms with Crippen molar-refractivity contribution in [3.05, 3.63) is 41.4 Å². The molecular weight excluding hydrogens is 377 g/mol. The van der Waals surface area contributed by atoms with Gasteiger partial charge in [0.15, 0.2) is 0 Å². The molecule has 1 aliphatic rings. The molecule has 1 amide bonds. The summed E-state index contributed by atoms with van der Waals surface area (Å²) in [4.78, 5) is 17.2. The number of fused-ring (bicyclic) bond motifs is 1. The molecule has 1 aromatic heterocycles. The minimum atomic E-state index is -5.05. The Hall–Kier alpha value is -2.59. The monoisotopic (exact) mass is 398 g/mol. The van der Waals surface area contributed by atoms with E-state index in [-0.39, 0.29) is 22.9 Å². The van der Waals surface area contributed by atoms with Crippen molar-refractivity contribution in [1.82, 2.24) is 20.0 Å². The Bertz CT molecular complexity index is 938. The molecule has 28 heavy (non-hydrogen) atoms. The number of aromatic nitrogens is 2. The molecule has 1 saturated heterocycles. The molecule has 0 saturated carbocycles. The van der Waals surface area contributed by atoms with Gasteiger partial charge in [-0.2, -0.15) is 13.2 Å². The van der Waals surface area contributed by atoms with E-state index in [4.69, 9.17) is 4.74 Å². The number of aryl methyl sites for hydroxylation is 2. The summed E-state index contributed by atoms with van der Waals surface area (Å²) in [6.45, 7) is 4.46. The predicted octanol–water partition coefficient (Wildman–Crippen LogP) is 2.50. The smallest absolute Gasteiger partial charge is 0.381 e. The first-order chi connectivity index (χ1) is 13.1. The highest BCUT2D eigenvalue weighted by Crippen LogP contribution is 2.41. The zero-order chi connectivity index (χ0) is 20.7. The summed E-state index contributed by atoms with van der Waals surface area (Å²) in [5.74, 6) is -0.274. The second kappa shape index (κ2) is 7.10. The Balaban J connectivity index is 2.00. The number of nitrogens with one attached hydrogen (secondary N) is 1. The van der Waals surface area contributed by atoms with Crippen molar-refractivity contribution in [3.63, 3.8) is 0 Å². The van der Waals surface area contributed by atoms with Gasteiger partial charge in [-0.05, 0) is 38.1 Å². The summed E-state index contributed by atoms with van der Waals surface area (Å²) in [5, 5.41) is 10.5. The quantitative estimate of drug-likeness (QED) is 0.827. The third-order valence-corrected chi connectivity index (χ3v) is 4.72. The average Bonchev–Trinajstić information content (AvgIpc) is 3.14. The number of alkyl halides is 3. The lowest BCUT2D eigenvalue weighted by atomic mass is 10.1. The van der Waals surface area contributed by atoms with E-state index in [0.29, 0.717) is 12.1 Å². The highest BCUT2D eigenvalue weighted by atomic mass is 19.4. The predicted molar refractivity (Wildman–Crippen MR) is 95.0 cm³/mol. The number of carbonyl (C=O) groups excluding carboxylic acids is 1. The summed E-state index contributed by atoms with van der Waals surface area (Å²) in [6, 6.07) is 4.48. The van der Waals surface area contributed by atoms with Crippen LogP contribution >= 0.6 is 0 Å². The van der Waals surface area contributed by atoms with Gasteiger partial charge in [0.25, 0.3) is 11.6 Å². The summed E-state index contributed by atoms with van der Waals surface area (Å²) in [7, 11) is 1.39. The fraction of sp³-hybridized carbons (Fsp3) is 0.444. The van der Waals surface area contributed by atoms with Crippen LogP contribution in [0, 0.1) is 6.92 Å². The van der Waals surface area contributed by atoms with E-state index in [1.165, 1.54) is 25.3 Å². The lowest BCUT2D eigenvalue weighted by Gasteiger charge is -2.33. The zero-order valence-electron chi connectivity index (χ0n) is 15.7. The van der Waals surface area contributed by atoms with E-state index in [9.17, 15) is 23.1 Å². The number of hydrogen-bond acceptors (Lipinski definition) is 5. The van der Waals surface area contributed by atoms with Crippen LogP contribution in [0.2, 0.25) is 0 Å². The van der Waals surface area contributed by atoms with Gasteiger partial charge in [0.05, 0.1) is 17.6 Å². The molecule has 1 fully saturated rings. The first-order valence-corrected chi connectivity index (χ1v) is 8.67. The van der Waals surface area contributed by atoms with E-state index < -0.39 is 24.2 Å². The van der Waals surface area contributed by atoms with Crippen molar-refractivity contribution >= 4 is 16.9 Å². The summed E-state index contributed by atoms with van der Waals surface area (Å²) in [6.07, 6.45) is -4.51. The molecule has 2 heterocycles. The van der Waals surface area contributed by atoms with Crippen LogP contribution in [0.4, 0.5) is 13.2 Å². The maximum Gasteiger partial charge on any atom is 0.438 e. The highest BCUT2D eigenvalue weighted by molar-refractivity contribution is 5.98. The van der Waals surface area contributed by atoms with Crippen LogP contribution in [0.1, 0.15) is 29.5 Å². The Morgan fingerprint density at radius 3 is 2.79 bits per heavy atom. The van der Waals surface area contributed by atoms with Crippen LogP contribution in [0.15, 0.2) is 30.0 Å². The van der Waals surface area contributed by atoms with Gasteiger partial charge in [-0.25, -0.2) is 9.99 Å². The van der Waals surface area contributed by atoms with E-state index in [0.717, 1.165) is 11.3 Å². The fourth-order valence-corrected chi connectivity index (χ4v) is 3.28. The number of halogens is 3. The van der Waals surface area contributed by atoms with E-state index >= 15 is 0 Å². The molecule has 1 aliphatic heterocycles. The van der Waals surface area contributed by atoms with Gasteiger partial charge in [0, 0.05) is 31.3 Å². The molecule has 152 valence electrons. The summed E-state index contributed by atoms with van der Waals surface area (Å²) < 4.78 is 47.4. The number of rotatable bonds is 4. The molecule has 1 atom stereocenters. The van der Waals surface area contributed by atoms with Crippen molar-refractivity contribution in [3.8, 4) is 0 Å². The molecule has 0 spiro atoms. The van der Waals surface area contributed by atoms with Crippen LogP contribution in [0.5, 0.6) is 0 Å². The van der Waals surface area contributed by atoms with Crippen LogP contribution < -0.4 is 5.43 Å². The number of imidazole rings is 1. The number of hydrogen-bond donors (Lipinski definition) is 2. The molecule has 3 rings (SSSR count). The Morgan fingerprint density at radius 1 is 1.46 bits per heavy atom.